The molecule has 1 saturated heterocycles. The lowest BCUT2D eigenvalue weighted by Gasteiger charge is -2.38. The first-order valence-electron chi connectivity index (χ1n) is 9.23. The number of halogens is 3. The van der Waals surface area contributed by atoms with Crippen molar-refractivity contribution in [2.75, 3.05) is 18.0 Å². The van der Waals surface area contributed by atoms with Crippen LogP contribution in [0.1, 0.15) is 36.1 Å². The zero-order chi connectivity index (χ0) is 19.8. The van der Waals surface area contributed by atoms with Gasteiger partial charge in [-0.25, -0.2) is 4.98 Å². The Kier molecular flexibility index (Phi) is 4.74. The van der Waals surface area contributed by atoms with Gasteiger partial charge in [0.1, 0.15) is 17.1 Å². The highest BCUT2D eigenvalue weighted by Gasteiger charge is 2.43. The second kappa shape index (κ2) is 7.09. The summed E-state index contributed by atoms with van der Waals surface area (Å²) in [5, 5.41) is 4.27. The maximum Gasteiger partial charge on any atom is 0.433 e. The molecule has 2 aromatic rings. The van der Waals surface area contributed by atoms with Gasteiger partial charge >= 0.3 is 6.18 Å². The fraction of sp³-hybridized carbons (Fsp3) is 0.400. The molecule has 8 heteroatoms. The molecular formula is C20H21F3N4O. The van der Waals surface area contributed by atoms with Crippen molar-refractivity contribution in [2.24, 2.45) is 10.9 Å². The van der Waals surface area contributed by atoms with Crippen LogP contribution in [-0.2, 0) is 17.6 Å². The van der Waals surface area contributed by atoms with Crippen LogP contribution in [0.15, 0.2) is 47.6 Å². The Morgan fingerprint density at radius 3 is 2.43 bits per heavy atom. The van der Waals surface area contributed by atoms with Crippen molar-refractivity contribution in [1.29, 1.82) is 0 Å². The zero-order valence-electron chi connectivity index (χ0n) is 15.2. The molecule has 28 heavy (non-hydrogen) atoms. The lowest BCUT2D eigenvalue weighted by Crippen LogP contribution is -2.45. The predicted molar refractivity (Wildman–Crippen MR) is 100.0 cm³/mol. The average Bonchev–Trinajstić information content (AvgIpc) is 3.12. The molecule has 1 spiro atoms. The molecule has 148 valence electrons. The number of nitrogens with zero attached hydrogens (tertiary/aromatic N) is 3. The van der Waals surface area contributed by atoms with Gasteiger partial charge in [0.15, 0.2) is 0 Å². The highest BCUT2D eigenvalue weighted by Crippen LogP contribution is 2.38. The number of alkyl halides is 3. The maximum atomic E-state index is 13.1. The topological polar surface area (TPSA) is 63.7 Å². The van der Waals surface area contributed by atoms with Gasteiger partial charge in [-0.05, 0) is 11.6 Å². The number of rotatable bonds is 3. The summed E-state index contributed by atoms with van der Waals surface area (Å²) in [7, 11) is 0. The molecule has 0 atom stereocenters. The molecule has 1 aromatic carbocycles. The molecule has 0 bridgehead atoms. The standard InChI is InChI=1S/C20H21F3N4O/c21-20(22,23)17-7-6-15(13-24)18(25-17)27-10-8-19(9-11-27)12-16(26-28-19)14-4-2-1-3-5-14/h1-7H,8-13,24H2. The first-order valence-corrected chi connectivity index (χ1v) is 9.23. The summed E-state index contributed by atoms with van der Waals surface area (Å²) in [6.45, 7) is 1.22. The lowest BCUT2D eigenvalue weighted by molar-refractivity contribution is -0.141. The summed E-state index contributed by atoms with van der Waals surface area (Å²) in [4.78, 5) is 11.5. The van der Waals surface area contributed by atoms with E-state index in [0.717, 1.165) is 17.3 Å². The number of aromatic nitrogens is 1. The Bertz CT molecular complexity index is 875. The van der Waals surface area contributed by atoms with Gasteiger partial charge in [0.05, 0.1) is 5.71 Å². The zero-order valence-corrected chi connectivity index (χ0v) is 15.2. The van der Waals surface area contributed by atoms with Gasteiger partial charge in [0, 0.05) is 44.5 Å². The van der Waals surface area contributed by atoms with Crippen molar-refractivity contribution in [3.05, 3.63) is 59.3 Å². The molecule has 0 unspecified atom stereocenters. The second-order valence-corrected chi connectivity index (χ2v) is 7.22. The smallest absolute Gasteiger partial charge is 0.388 e. The van der Waals surface area contributed by atoms with Crippen molar-refractivity contribution in [3.63, 3.8) is 0 Å². The number of nitrogens with two attached hydrogens (primary N) is 1. The summed E-state index contributed by atoms with van der Waals surface area (Å²) < 4.78 is 39.2. The van der Waals surface area contributed by atoms with Crippen LogP contribution in [0, 0.1) is 0 Å². The van der Waals surface area contributed by atoms with Crippen LogP contribution in [0.5, 0.6) is 0 Å². The molecular weight excluding hydrogens is 369 g/mol. The van der Waals surface area contributed by atoms with Crippen molar-refractivity contribution in [3.8, 4) is 0 Å². The monoisotopic (exact) mass is 390 g/mol. The van der Waals surface area contributed by atoms with Crippen LogP contribution >= 0.6 is 0 Å². The van der Waals surface area contributed by atoms with E-state index in [-0.39, 0.29) is 6.54 Å². The summed E-state index contributed by atoms with van der Waals surface area (Å²) in [5.74, 6) is 0.314. The van der Waals surface area contributed by atoms with E-state index in [9.17, 15) is 13.2 Å². The van der Waals surface area contributed by atoms with Crippen LogP contribution in [-0.4, -0.2) is 29.4 Å². The molecule has 0 saturated carbocycles. The first-order chi connectivity index (χ1) is 13.4. The van der Waals surface area contributed by atoms with Gasteiger partial charge in [0.25, 0.3) is 0 Å². The van der Waals surface area contributed by atoms with Crippen LogP contribution in [0.2, 0.25) is 0 Å². The predicted octanol–water partition coefficient (Wildman–Crippen LogP) is 3.72. The fourth-order valence-electron chi connectivity index (χ4n) is 3.77. The summed E-state index contributed by atoms with van der Waals surface area (Å²) >= 11 is 0. The Morgan fingerprint density at radius 1 is 1.07 bits per heavy atom. The van der Waals surface area contributed by atoms with E-state index in [1.165, 1.54) is 6.07 Å². The molecule has 0 amide bonds. The number of anilines is 1. The Labute approximate surface area is 161 Å². The van der Waals surface area contributed by atoms with E-state index in [4.69, 9.17) is 10.6 Å². The molecule has 0 radical (unpaired) electrons. The first kappa shape index (κ1) is 18.7. The van der Waals surface area contributed by atoms with Gasteiger partial charge < -0.3 is 15.5 Å². The van der Waals surface area contributed by atoms with E-state index >= 15 is 0 Å². The van der Waals surface area contributed by atoms with E-state index in [1.54, 1.807) is 0 Å². The van der Waals surface area contributed by atoms with Crippen molar-refractivity contribution >= 4 is 11.5 Å². The van der Waals surface area contributed by atoms with Crippen LogP contribution in [0.4, 0.5) is 19.0 Å². The SMILES string of the molecule is NCc1ccc(C(F)(F)F)nc1N1CCC2(CC1)CC(c1ccccc1)=NO2. The van der Waals surface area contributed by atoms with Gasteiger partial charge in [-0.15, -0.1) is 0 Å². The Morgan fingerprint density at radius 2 is 1.79 bits per heavy atom. The highest BCUT2D eigenvalue weighted by molar-refractivity contribution is 6.01. The van der Waals surface area contributed by atoms with E-state index in [0.29, 0.717) is 43.7 Å². The minimum Gasteiger partial charge on any atom is -0.388 e. The quantitative estimate of drug-likeness (QED) is 0.868. The van der Waals surface area contributed by atoms with Crippen LogP contribution in [0.3, 0.4) is 0 Å². The fourth-order valence-corrected chi connectivity index (χ4v) is 3.77. The molecule has 2 aliphatic heterocycles. The average molecular weight is 390 g/mol. The third-order valence-corrected chi connectivity index (χ3v) is 5.39. The third-order valence-electron chi connectivity index (χ3n) is 5.39. The van der Waals surface area contributed by atoms with Gasteiger partial charge in [0.2, 0.25) is 0 Å². The Balaban J connectivity index is 1.48. The number of hydrogen-bond acceptors (Lipinski definition) is 5. The summed E-state index contributed by atoms with van der Waals surface area (Å²) in [5.41, 5.74) is 6.98. The minimum atomic E-state index is -4.48. The van der Waals surface area contributed by atoms with E-state index in [1.807, 2.05) is 35.2 Å². The maximum absolute atomic E-state index is 13.1. The van der Waals surface area contributed by atoms with Crippen molar-refractivity contribution in [1.82, 2.24) is 4.98 Å². The van der Waals surface area contributed by atoms with Crippen LogP contribution < -0.4 is 10.6 Å². The van der Waals surface area contributed by atoms with Crippen LogP contribution in [0.25, 0.3) is 0 Å². The van der Waals surface area contributed by atoms with E-state index < -0.39 is 17.5 Å². The molecule has 2 aliphatic rings. The molecule has 2 N–H and O–H groups in total. The van der Waals surface area contributed by atoms with Crippen molar-refractivity contribution in [2.45, 2.75) is 37.6 Å². The molecule has 0 aliphatic carbocycles. The highest BCUT2D eigenvalue weighted by atomic mass is 19.4. The minimum absolute atomic E-state index is 0.139. The number of piperidine rings is 1. The molecule has 1 fully saturated rings. The van der Waals surface area contributed by atoms with Crippen molar-refractivity contribution < 1.29 is 18.0 Å². The normalized spacial score (nSPS) is 18.9. The largest absolute Gasteiger partial charge is 0.433 e. The van der Waals surface area contributed by atoms with Gasteiger partial charge in [-0.2, -0.15) is 13.2 Å². The summed E-state index contributed by atoms with van der Waals surface area (Å²) in [6.07, 6.45) is -2.46. The second-order valence-electron chi connectivity index (χ2n) is 7.22. The lowest BCUT2D eigenvalue weighted by atomic mass is 9.85. The number of oxime groups is 1. The Hall–Kier alpha value is -2.61. The van der Waals surface area contributed by atoms with Gasteiger partial charge in [-0.1, -0.05) is 41.6 Å². The number of benzene rings is 1. The summed E-state index contributed by atoms with van der Waals surface area (Å²) in [6, 6.07) is 12.3. The number of pyridine rings is 1. The van der Waals surface area contributed by atoms with Gasteiger partial charge in [-0.3, -0.25) is 0 Å². The van der Waals surface area contributed by atoms with E-state index in [2.05, 4.69) is 10.1 Å². The number of hydrogen-bond donors (Lipinski definition) is 1. The molecule has 4 rings (SSSR count). The molecule has 5 nitrogen and oxygen atoms in total. The third kappa shape index (κ3) is 3.56. The molecule has 1 aromatic heterocycles. The molecule has 3 heterocycles.